The van der Waals surface area contributed by atoms with Crippen LogP contribution in [0.5, 0.6) is 0 Å². The van der Waals surface area contributed by atoms with Gasteiger partial charge in [0, 0.05) is 35.0 Å². The van der Waals surface area contributed by atoms with Crippen molar-refractivity contribution in [1.82, 2.24) is 10.2 Å². The number of hydrogen-bond donors (Lipinski definition) is 3. The number of para-hydroxylation sites is 1. The van der Waals surface area contributed by atoms with Crippen molar-refractivity contribution in [3.05, 3.63) is 30.3 Å². The molecule has 0 saturated carbocycles. The molecule has 3 heterocycles. The fraction of sp³-hybridized carbons (Fsp3) is 0.625. The smallest absolute Gasteiger partial charge is 0.244 e. The number of thioether (sulfide) groups is 1. The first kappa shape index (κ1) is 24.5. The third-order valence-electron chi connectivity index (χ3n) is 6.87. The van der Waals surface area contributed by atoms with Crippen molar-refractivity contribution in [1.29, 1.82) is 0 Å². The number of fused-ring (bicyclic) bond motifs is 1. The zero-order valence-electron chi connectivity index (χ0n) is 19.0. The van der Waals surface area contributed by atoms with Gasteiger partial charge in [0.1, 0.15) is 6.04 Å². The predicted octanol–water partition coefficient (Wildman–Crippen LogP) is 2.78. The van der Waals surface area contributed by atoms with E-state index in [4.69, 9.17) is 5.11 Å². The molecule has 1 aromatic carbocycles. The van der Waals surface area contributed by atoms with Crippen molar-refractivity contribution in [3.63, 3.8) is 0 Å². The second-order valence-corrected chi connectivity index (χ2v) is 12.2. The molecule has 3 unspecified atom stereocenters. The number of benzene rings is 1. The lowest BCUT2D eigenvalue weighted by Crippen LogP contribution is -2.55. The normalized spacial score (nSPS) is 32.3. The highest BCUT2D eigenvalue weighted by molar-refractivity contribution is 9.09. The third kappa shape index (κ3) is 4.44. The van der Waals surface area contributed by atoms with E-state index in [9.17, 15) is 14.4 Å². The number of nitrogens with one attached hydrogen (secondary N) is 2. The number of aliphatic hydroxyl groups is 1. The Bertz CT molecular complexity index is 901. The fourth-order valence-electron chi connectivity index (χ4n) is 5.65. The van der Waals surface area contributed by atoms with Crippen LogP contribution in [0.2, 0.25) is 0 Å². The maximum absolute atomic E-state index is 13.8. The summed E-state index contributed by atoms with van der Waals surface area (Å²) in [7, 11) is 0. The number of nitrogens with zero attached hydrogens (tertiary/aromatic N) is 1. The first-order chi connectivity index (χ1) is 15.8. The molecule has 0 aromatic heterocycles. The number of hydrogen-bond acceptors (Lipinski definition) is 5. The van der Waals surface area contributed by atoms with Gasteiger partial charge in [0.05, 0.1) is 16.6 Å². The number of likely N-dealkylation sites (tertiary alicyclic amines) is 1. The molecule has 1 aromatic rings. The van der Waals surface area contributed by atoms with Crippen molar-refractivity contribution in [2.24, 2.45) is 11.8 Å². The average molecular weight is 539 g/mol. The van der Waals surface area contributed by atoms with E-state index in [1.54, 1.807) is 16.7 Å². The molecular weight excluding hydrogens is 506 g/mol. The van der Waals surface area contributed by atoms with Crippen LogP contribution in [0.3, 0.4) is 0 Å². The lowest BCUT2D eigenvalue weighted by Gasteiger charge is -2.35. The van der Waals surface area contributed by atoms with Gasteiger partial charge >= 0.3 is 0 Å². The summed E-state index contributed by atoms with van der Waals surface area (Å²) >= 11 is 5.42. The Hall–Kier alpha value is -1.58. The van der Waals surface area contributed by atoms with Gasteiger partial charge in [-0.1, -0.05) is 34.1 Å². The lowest BCUT2D eigenvalue weighted by molar-refractivity contribution is -0.139. The van der Waals surface area contributed by atoms with Crippen LogP contribution in [0.1, 0.15) is 39.5 Å². The number of amides is 3. The Morgan fingerprint density at radius 1 is 1.21 bits per heavy atom. The number of aliphatic hydroxyl groups excluding tert-OH is 1. The van der Waals surface area contributed by atoms with Crippen LogP contribution in [0.4, 0.5) is 5.69 Å². The summed E-state index contributed by atoms with van der Waals surface area (Å²) in [5.74, 6) is -1.41. The zero-order valence-corrected chi connectivity index (χ0v) is 21.4. The van der Waals surface area contributed by atoms with Crippen molar-refractivity contribution < 1.29 is 19.5 Å². The molecule has 1 spiro atoms. The molecule has 6 atom stereocenters. The van der Waals surface area contributed by atoms with Gasteiger partial charge in [-0.2, -0.15) is 0 Å². The molecule has 2 bridgehead atoms. The summed E-state index contributed by atoms with van der Waals surface area (Å²) in [5.41, 5.74) is 0.704. The molecular formula is C24H32BrN3O4S. The van der Waals surface area contributed by atoms with Crippen LogP contribution < -0.4 is 10.6 Å². The van der Waals surface area contributed by atoms with Gasteiger partial charge < -0.3 is 20.6 Å². The molecule has 3 N–H and O–H groups in total. The quantitative estimate of drug-likeness (QED) is 0.332. The van der Waals surface area contributed by atoms with Gasteiger partial charge in [-0.25, -0.2) is 0 Å². The third-order valence-corrected chi connectivity index (χ3v) is 10.1. The van der Waals surface area contributed by atoms with Crippen molar-refractivity contribution >= 4 is 51.1 Å². The molecule has 3 saturated heterocycles. The van der Waals surface area contributed by atoms with Gasteiger partial charge in [-0.15, -0.1) is 11.8 Å². The molecule has 9 heteroatoms. The lowest BCUT2D eigenvalue weighted by atomic mass is 9.70. The minimum absolute atomic E-state index is 0.0418. The summed E-state index contributed by atoms with van der Waals surface area (Å²) in [6.45, 7) is 4.40. The number of carbonyl (C=O) groups is 3. The molecule has 180 valence electrons. The van der Waals surface area contributed by atoms with E-state index in [2.05, 4.69) is 26.6 Å². The van der Waals surface area contributed by atoms with Gasteiger partial charge in [0.15, 0.2) is 0 Å². The maximum atomic E-state index is 13.8. The Morgan fingerprint density at radius 2 is 1.94 bits per heavy atom. The first-order valence-corrected chi connectivity index (χ1v) is 13.5. The van der Waals surface area contributed by atoms with Crippen LogP contribution >= 0.6 is 27.7 Å². The maximum Gasteiger partial charge on any atom is 0.244 e. The van der Waals surface area contributed by atoms with Gasteiger partial charge in [0.25, 0.3) is 0 Å². The standard InChI is InChI=1S/C24H32BrN3O4S/c1-14(2)26-22(31)20-24-13-16(25)19(33-24)17(21(30)27-15-9-5-3-6-10-15)18(24)23(32)28(20)11-7-4-8-12-29/h3,5-6,9-10,14,16-20,29H,4,7-8,11-13H2,1-2H3,(H,26,31)(H,27,30)/t16?,17-,18+,19-,20?,24?/m1/s1. The largest absolute Gasteiger partial charge is 0.396 e. The van der Waals surface area contributed by atoms with E-state index in [0.717, 1.165) is 6.42 Å². The Kier molecular flexibility index (Phi) is 7.41. The average Bonchev–Trinajstić information content (AvgIpc) is 3.35. The number of alkyl halides is 1. The van der Waals surface area contributed by atoms with Crippen molar-refractivity contribution in [3.8, 4) is 0 Å². The first-order valence-electron chi connectivity index (χ1n) is 11.7. The molecule has 4 rings (SSSR count). The van der Waals surface area contributed by atoms with Crippen LogP contribution in [0.25, 0.3) is 0 Å². The molecule has 7 nitrogen and oxygen atoms in total. The molecule has 0 aliphatic carbocycles. The molecule has 3 aliphatic rings. The number of anilines is 1. The highest BCUT2D eigenvalue weighted by atomic mass is 79.9. The molecule has 33 heavy (non-hydrogen) atoms. The molecule has 0 radical (unpaired) electrons. The monoisotopic (exact) mass is 537 g/mol. The van der Waals surface area contributed by atoms with Crippen molar-refractivity contribution in [2.75, 3.05) is 18.5 Å². The highest BCUT2D eigenvalue weighted by Gasteiger charge is 2.75. The van der Waals surface area contributed by atoms with Crippen LogP contribution in [0.15, 0.2) is 30.3 Å². The summed E-state index contributed by atoms with van der Waals surface area (Å²) < 4.78 is -0.620. The van der Waals surface area contributed by atoms with E-state index < -0.39 is 22.6 Å². The van der Waals surface area contributed by atoms with E-state index in [1.807, 2.05) is 44.2 Å². The van der Waals surface area contributed by atoms with E-state index >= 15 is 0 Å². The Balaban J connectivity index is 1.65. The Morgan fingerprint density at radius 3 is 2.61 bits per heavy atom. The summed E-state index contributed by atoms with van der Waals surface area (Å²) in [4.78, 5) is 42.5. The highest BCUT2D eigenvalue weighted by Crippen LogP contribution is 2.67. The van der Waals surface area contributed by atoms with Crippen LogP contribution in [-0.2, 0) is 14.4 Å². The predicted molar refractivity (Wildman–Crippen MR) is 133 cm³/mol. The second kappa shape index (κ2) is 9.96. The summed E-state index contributed by atoms with van der Waals surface area (Å²) in [6, 6.07) is 8.64. The summed E-state index contributed by atoms with van der Waals surface area (Å²) in [5, 5.41) is 15.1. The SMILES string of the molecule is CC(C)NC(=O)C1N(CCCCCO)C(=O)[C@@H]2[C@@H](C(=O)Nc3ccccc3)[C@@H]3SC12CC3Br. The van der Waals surface area contributed by atoms with Gasteiger partial charge in [0.2, 0.25) is 17.7 Å². The number of halogens is 1. The number of unbranched alkanes of at least 4 members (excludes halogenated alkanes) is 2. The van der Waals surface area contributed by atoms with E-state index in [-0.39, 0.29) is 40.4 Å². The van der Waals surface area contributed by atoms with Crippen LogP contribution in [-0.4, -0.2) is 67.8 Å². The second-order valence-electron chi connectivity index (χ2n) is 9.50. The minimum atomic E-state index is -0.620. The van der Waals surface area contributed by atoms with E-state index in [1.165, 1.54) is 0 Å². The topological polar surface area (TPSA) is 98.7 Å². The van der Waals surface area contributed by atoms with Gasteiger partial charge in [-0.05, 0) is 51.7 Å². The van der Waals surface area contributed by atoms with Crippen molar-refractivity contribution in [2.45, 2.75) is 66.4 Å². The number of rotatable bonds is 9. The molecule has 3 aliphatic heterocycles. The summed E-state index contributed by atoms with van der Waals surface area (Å²) in [6.07, 6.45) is 2.84. The molecule has 3 fully saturated rings. The molecule has 3 amide bonds. The zero-order chi connectivity index (χ0) is 23.8. The Labute approximate surface area is 207 Å². The van der Waals surface area contributed by atoms with Gasteiger partial charge in [-0.3, -0.25) is 14.4 Å². The number of carbonyl (C=O) groups excluding carboxylic acids is 3. The fourth-order valence-corrected chi connectivity index (χ4v) is 9.26. The van der Waals surface area contributed by atoms with E-state index in [0.29, 0.717) is 31.5 Å². The van der Waals surface area contributed by atoms with Crippen LogP contribution in [0, 0.1) is 11.8 Å². The minimum Gasteiger partial charge on any atom is -0.396 e.